The molecule has 1 heterocycles. The lowest BCUT2D eigenvalue weighted by molar-refractivity contribution is 0.625. The van der Waals surface area contributed by atoms with Gasteiger partial charge in [0.25, 0.3) is 0 Å². The number of aryl methyl sites for hydroxylation is 1. The summed E-state index contributed by atoms with van der Waals surface area (Å²) in [7, 11) is 2.00. The van der Waals surface area contributed by atoms with E-state index in [2.05, 4.69) is 25.8 Å². The summed E-state index contributed by atoms with van der Waals surface area (Å²) in [6, 6.07) is 10.7. The molecule has 0 aliphatic rings. The molecule has 0 aliphatic carbocycles. The van der Waals surface area contributed by atoms with Gasteiger partial charge in [0.1, 0.15) is 11.6 Å². The van der Waals surface area contributed by atoms with E-state index in [9.17, 15) is 4.39 Å². The van der Waals surface area contributed by atoms with Gasteiger partial charge in [-0.25, -0.2) is 9.37 Å². The average molecular weight is 323 g/mol. The molecule has 0 saturated carbocycles. The molecule has 4 heteroatoms. The molecular formula is C15H16BrFN2. The second-order valence-corrected chi connectivity index (χ2v) is 5.39. The number of benzene rings is 1. The third kappa shape index (κ3) is 3.77. The Morgan fingerprint density at radius 2 is 2.05 bits per heavy atom. The van der Waals surface area contributed by atoms with Gasteiger partial charge >= 0.3 is 0 Å². The van der Waals surface area contributed by atoms with Crippen molar-refractivity contribution in [1.82, 2.24) is 4.98 Å². The molecule has 0 fully saturated rings. The van der Waals surface area contributed by atoms with Crippen molar-refractivity contribution in [2.75, 3.05) is 18.5 Å². The SMILES string of the molecule is Cc1nc(N(C)CCc2cccc(F)c2)ccc1Br. The Hall–Kier alpha value is -1.42. The lowest BCUT2D eigenvalue weighted by Crippen LogP contribution is -2.21. The third-order valence-corrected chi connectivity index (χ3v) is 3.86. The fraction of sp³-hybridized carbons (Fsp3) is 0.267. The van der Waals surface area contributed by atoms with Crippen molar-refractivity contribution >= 4 is 21.7 Å². The third-order valence-electron chi connectivity index (χ3n) is 3.02. The number of likely N-dealkylation sites (N-methyl/N-ethyl adjacent to an activating group) is 1. The first-order chi connectivity index (χ1) is 9.06. The second kappa shape index (κ2) is 6.15. The molecule has 0 spiro atoms. The summed E-state index contributed by atoms with van der Waals surface area (Å²) >= 11 is 3.44. The van der Waals surface area contributed by atoms with Gasteiger partial charge < -0.3 is 4.90 Å². The number of rotatable bonds is 4. The predicted molar refractivity (Wildman–Crippen MR) is 80.0 cm³/mol. The number of nitrogens with zero attached hydrogens (tertiary/aromatic N) is 2. The normalized spacial score (nSPS) is 10.5. The summed E-state index contributed by atoms with van der Waals surface area (Å²) in [5.41, 5.74) is 1.97. The Kier molecular flexibility index (Phi) is 4.53. The first-order valence-electron chi connectivity index (χ1n) is 6.15. The van der Waals surface area contributed by atoms with E-state index in [1.54, 1.807) is 12.1 Å². The van der Waals surface area contributed by atoms with Gasteiger partial charge in [-0.15, -0.1) is 0 Å². The first-order valence-corrected chi connectivity index (χ1v) is 6.94. The van der Waals surface area contributed by atoms with Crippen molar-refractivity contribution in [2.24, 2.45) is 0 Å². The van der Waals surface area contributed by atoms with E-state index < -0.39 is 0 Å². The van der Waals surface area contributed by atoms with Gasteiger partial charge in [0.15, 0.2) is 0 Å². The fourth-order valence-electron chi connectivity index (χ4n) is 1.85. The van der Waals surface area contributed by atoms with Crippen LogP contribution in [0.25, 0.3) is 0 Å². The average Bonchev–Trinajstić information content (AvgIpc) is 2.39. The Labute approximate surface area is 121 Å². The Bertz CT molecular complexity index is 572. The molecule has 1 aromatic carbocycles. The number of aromatic nitrogens is 1. The number of pyridine rings is 1. The maximum atomic E-state index is 13.1. The van der Waals surface area contributed by atoms with Crippen molar-refractivity contribution in [2.45, 2.75) is 13.3 Å². The Morgan fingerprint density at radius 3 is 2.74 bits per heavy atom. The topological polar surface area (TPSA) is 16.1 Å². The molecule has 2 nitrogen and oxygen atoms in total. The predicted octanol–water partition coefficient (Wildman–Crippen LogP) is 3.97. The van der Waals surface area contributed by atoms with Crippen LogP contribution in [0.4, 0.5) is 10.2 Å². The summed E-state index contributed by atoms with van der Waals surface area (Å²) in [6.07, 6.45) is 0.797. The van der Waals surface area contributed by atoms with Gasteiger partial charge in [-0.05, 0) is 59.1 Å². The minimum atomic E-state index is -0.183. The molecule has 0 saturated heterocycles. The van der Waals surface area contributed by atoms with Crippen molar-refractivity contribution in [3.8, 4) is 0 Å². The standard InChI is InChI=1S/C15H16BrFN2/c1-11-14(16)6-7-15(18-11)19(2)9-8-12-4-3-5-13(17)10-12/h3-7,10H,8-9H2,1-2H3. The lowest BCUT2D eigenvalue weighted by atomic mass is 10.1. The molecule has 0 amide bonds. The fourth-order valence-corrected chi connectivity index (χ4v) is 2.07. The van der Waals surface area contributed by atoms with Gasteiger partial charge in [0, 0.05) is 18.1 Å². The van der Waals surface area contributed by atoms with Crippen LogP contribution in [0, 0.1) is 12.7 Å². The van der Waals surface area contributed by atoms with Crippen LogP contribution in [0.15, 0.2) is 40.9 Å². The van der Waals surface area contributed by atoms with Crippen molar-refractivity contribution in [3.63, 3.8) is 0 Å². The van der Waals surface area contributed by atoms with Crippen LogP contribution in [0.3, 0.4) is 0 Å². The van der Waals surface area contributed by atoms with Crippen molar-refractivity contribution < 1.29 is 4.39 Å². The van der Waals surface area contributed by atoms with E-state index in [0.29, 0.717) is 0 Å². The zero-order valence-electron chi connectivity index (χ0n) is 11.0. The molecule has 0 radical (unpaired) electrons. The zero-order valence-corrected chi connectivity index (χ0v) is 12.6. The number of hydrogen-bond acceptors (Lipinski definition) is 2. The highest BCUT2D eigenvalue weighted by atomic mass is 79.9. The van der Waals surface area contributed by atoms with Crippen LogP contribution in [0.2, 0.25) is 0 Å². The summed E-state index contributed by atoms with van der Waals surface area (Å²) in [4.78, 5) is 6.58. The maximum Gasteiger partial charge on any atom is 0.128 e. The van der Waals surface area contributed by atoms with E-state index in [4.69, 9.17) is 0 Å². The van der Waals surface area contributed by atoms with E-state index in [1.165, 1.54) is 6.07 Å². The molecule has 0 atom stereocenters. The molecule has 0 aliphatic heterocycles. The zero-order chi connectivity index (χ0) is 13.8. The highest BCUT2D eigenvalue weighted by Crippen LogP contribution is 2.18. The highest BCUT2D eigenvalue weighted by Gasteiger charge is 2.05. The minimum absolute atomic E-state index is 0.183. The lowest BCUT2D eigenvalue weighted by Gasteiger charge is -2.18. The van der Waals surface area contributed by atoms with Crippen molar-refractivity contribution in [3.05, 3.63) is 57.9 Å². The largest absolute Gasteiger partial charge is 0.359 e. The first kappa shape index (κ1) is 14.0. The van der Waals surface area contributed by atoms with E-state index in [1.807, 2.05) is 32.2 Å². The van der Waals surface area contributed by atoms with Gasteiger partial charge in [-0.3, -0.25) is 0 Å². The smallest absolute Gasteiger partial charge is 0.128 e. The molecule has 0 bridgehead atoms. The van der Waals surface area contributed by atoms with Crippen molar-refractivity contribution in [1.29, 1.82) is 0 Å². The van der Waals surface area contributed by atoms with Gasteiger partial charge in [-0.1, -0.05) is 12.1 Å². The van der Waals surface area contributed by atoms with Crippen LogP contribution in [0.1, 0.15) is 11.3 Å². The number of halogens is 2. The molecule has 2 aromatic rings. The van der Waals surface area contributed by atoms with E-state index in [0.717, 1.165) is 34.5 Å². The molecular weight excluding hydrogens is 307 g/mol. The highest BCUT2D eigenvalue weighted by molar-refractivity contribution is 9.10. The summed E-state index contributed by atoms with van der Waals surface area (Å²) in [5.74, 6) is 0.745. The van der Waals surface area contributed by atoms with Gasteiger partial charge in [0.05, 0.1) is 5.69 Å². The number of hydrogen-bond donors (Lipinski definition) is 0. The second-order valence-electron chi connectivity index (χ2n) is 4.54. The molecule has 0 N–H and O–H groups in total. The summed E-state index contributed by atoms with van der Waals surface area (Å²) in [5, 5.41) is 0. The van der Waals surface area contributed by atoms with Crippen LogP contribution >= 0.6 is 15.9 Å². The monoisotopic (exact) mass is 322 g/mol. The van der Waals surface area contributed by atoms with Crippen LogP contribution in [0.5, 0.6) is 0 Å². The minimum Gasteiger partial charge on any atom is -0.359 e. The van der Waals surface area contributed by atoms with Gasteiger partial charge in [-0.2, -0.15) is 0 Å². The Morgan fingerprint density at radius 1 is 1.26 bits per heavy atom. The molecule has 0 unspecified atom stereocenters. The van der Waals surface area contributed by atoms with Crippen LogP contribution < -0.4 is 4.90 Å². The summed E-state index contributed by atoms with van der Waals surface area (Å²) < 4.78 is 14.1. The van der Waals surface area contributed by atoms with Gasteiger partial charge in [0.2, 0.25) is 0 Å². The van der Waals surface area contributed by atoms with E-state index in [-0.39, 0.29) is 5.82 Å². The molecule has 1 aromatic heterocycles. The molecule has 2 rings (SSSR count). The van der Waals surface area contributed by atoms with Crippen LogP contribution in [-0.4, -0.2) is 18.6 Å². The Balaban J connectivity index is 2.01. The maximum absolute atomic E-state index is 13.1. The number of anilines is 1. The molecule has 100 valence electrons. The van der Waals surface area contributed by atoms with Crippen LogP contribution in [-0.2, 0) is 6.42 Å². The quantitative estimate of drug-likeness (QED) is 0.846. The van der Waals surface area contributed by atoms with E-state index >= 15 is 0 Å². The summed E-state index contributed by atoms with van der Waals surface area (Å²) in [6.45, 7) is 2.77. The molecule has 19 heavy (non-hydrogen) atoms.